The van der Waals surface area contributed by atoms with Crippen LogP contribution in [0.15, 0.2) is 48.5 Å². The molecule has 0 bridgehead atoms. The molecule has 0 fully saturated rings. The highest BCUT2D eigenvalue weighted by atomic mass is 16.5. The summed E-state index contributed by atoms with van der Waals surface area (Å²) < 4.78 is 5.14. The van der Waals surface area contributed by atoms with Crippen molar-refractivity contribution in [3.05, 3.63) is 54.1 Å². The van der Waals surface area contributed by atoms with Crippen LogP contribution in [0, 0.1) is 0 Å². The molecule has 0 spiro atoms. The summed E-state index contributed by atoms with van der Waals surface area (Å²) in [6.07, 6.45) is -0.769. The summed E-state index contributed by atoms with van der Waals surface area (Å²) in [6, 6.07) is 15.7. The van der Waals surface area contributed by atoms with Gasteiger partial charge in [0.15, 0.2) is 0 Å². The van der Waals surface area contributed by atoms with Gasteiger partial charge in [-0.15, -0.1) is 0 Å². The average Bonchev–Trinajstić information content (AvgIpc) is 2.59. The minimum atomic E-state index is -0.769. The van der Waals surface area contributed by atoms with Gasteiger partial charge in [0.2, 0.25) is 0 Å². The second-order valence-corrected chi connectivity index (χ2v) is 4.96. The standard InChI is InChI=1S/C17H22N2O3/c1-22-15-8-6-13(7-9-15)10-18-16-4-2-3-5-17(16)19-11-14(21)12-20/h2-9,14,18-21H,10-12H2,1H3. The highest BCUT2D eigenvalue weighted by Gasteiger charge is 2.05. The molecule has 1 unspecified atom stereocenters. The van der Waals surface area contributed by atoms with Gasteiger partial charge in [0, 0.05) is 13.1 Å². The molecule has 22 heavy (non-hydrogen) atoms. The van der Waals surface area contributed by atoms with E-state index in [1.165, 1.54) is 0 Å². The van der Waals surface area contributed by atoms with Gasteiger partial charge in [-0.05, 0) is 29.8 Å². The molecular formula is C17H22N2O3. The Balaban J connectivity index is 1.96. The highest BCUT2D eigenvalue weighted by Crippen LogP contribution is 2.22. The average molecular weight is 302 g/mol. The molecule has 0 saturated carbocycles. The Kier molecular flexibility index (Phi) is 6.06. The quantitative estimate of drug-likeness (QED) is 0.601. The molecule has 1 atom stereocenters. The first-order valence-corrected chi connectivity index (χ1v) is 7.21. The molecule has 0 heterocycles. The largest absolute Gasteiger partial charge is 0.497 e. The molecule has 0 saturated heterocycles. The zero-order chi connectivity index (χ0) is 15.8. The summed E-state index contributed by atoms with van der Waals surface area (Å²) in [6.45, 7) is 0.734. The van der Waals surface area contributed by atoms with Crippen molar-refractivity contribution in [3.8, 4) is 5.75 Å². The number of hydrogen-bond donors (Lipinski definition) is 4. The number of anilines is 2. The van der Waals surface area contributed by atoms with E-state index in [0.717, 1.165) is 22.7 Å². The van der Waals surface area contributed by atoms with Crippen LogP contribution >= 0.6 is 0 Å². The van der Waals surface area contributed by atoms with E-state index in [2.05, 4.69) is 10.6 Å². The molecular weight excluding hydrogens is 280 g/mol. The van der Waals surface area contributed by atoms with E-state index in [1.54, 1.807) is 7.11 Å². The third kappa shape index (κ3) is 4.65. The lowest BCUT2D eigenvalue weighted by molar-refractivity contribution is 0.105. The van der Waals surface area contributed by atoms with Crippen molar-refractivity contribution < 1.29 is 14.9 Å². The monoisotopic (exact) mass is 302 g/mol. The number of benzene rings is 2. The maximum absolute atomic E-state index is 9.42. The van der Waals surface area contributed by atoms with Gasteiger partial charge in [0.1, 0.15) is 5.75 Å². The summed E-state index contributed by atoms with van der Waals surface area (Å²) in [5, 5.41) is 24.8. The van der Waals surface area contributed by atoms with Crippen molar-refractivity contribution in [2.45, 2.75) is 12.6 Å². The zero-order valence-electron chi connectivity index (χ0n) is 12.6. The number of ether oxygens (including phenoxy) is 1. The lowest BCUT2D eigenvalue weighted by Crippen LogP contribution is -2.23. The molecule has 2 aromatic carbocycles. The number of methoxy groups -OCH3 is 1. The first-order valence-electron chi connectivity index (χ1n) is 7.21. The number of rotatable bonds is 8. The Morgan fingerprint density at radius 3 is 2.23 bits per heavy atom. The SMILES string of the molecule is COc1ccc(CNc2ccccc2NCC(O)CO)cc1. The molecule has 0 amide bonds. The predicted molar refractivity (Wildman–Crippen MR) is 88.3 cm³/mol. The van der Waals surface area contributed by atoms with E-state index in [0.29, 0.717) is 13.1 Å². The summed E-state index contributed by atoms with van der Waals surface area (Å²) in [7, 11) is 1.65. The van der Waals surface area contributed by atoms with E-state index in [9.17, 15) is 5.11 Å². The van der Waals surface area contributed by atoms with Crippen molar-refractivity contribution in [2.75, 3.05) is 30.9 Å². The highest BCUT2D eigenvalue weighted by molar-refractivity contribution is 5.68. The van der Waals surface area contributed by atoms with Gasteiger partial charge in [-0.2, -0.15) is 0 Å². The topological polar surface area (TPSA) is 73.8 Å². The summed E-state index contributed by atoms with van der Waals surface area (Å²) >= 11 is 0. The predicted octanol–water partition coefficient (Wildman–Crippen LogP) is 2.07. The van der Waals surface area contributed by atoms with Gasteiger partial charge in [0.25, 0.3) is 0 Å². The lowest BCUT2D eigenvalue weighted by atomic mass is 10.2. The van der Waals surface area contributed by atoms with Crippen molar-refractivity contribution in [2.24, 2.45) is 0 Å². The molecule has 5 heteroatoms. The molecule has 0 aliphatic rings. The molecule has 2 aromatic rings. The van der Waals surface area contributed by atoms with Crippen LogP contribution in [0.4, 0.5) is 11.4 Å². The minimum Gasteiger partial charge on any atom is -0.497 e. The summed E-state index contributed by atoms with van der Waals surface area (Å²) in [5.74, 6) is 0.837. The van der Waals surface area contributed by atoms with E-state index < -0.39 is 6.10 Å². The van der Waals surface area contributed by atoms with Crippen LogP contribution in [0.3, 0.4) is 0 Å². The lowest BCUT2D eigenvalue weighted by Gasteiger charge is -2.15. The van der Waals surface area contributed by atoms with Crippen LogP contribution in [0.2, 0.25) is 0 Å². The van der Waals surface area contributed by atoms with Gasteiger partial charge >= 0.3 is 0 Å². The fourth-order valence-electron chi connectivity index (χ4n) is 2.02. The van der Waals surface area contributed by atoms with E-state index in [1.807, 2.05) is 48.5 Å². The van der Waals surface area contributed by atoms with Crippen LogP contribution in [-0.2, 0) is 6.54 Å². The molecule has 0 aromatic heterocycles. The summed E-state index contributed by atoms with van der Waals surface area (Å²) in [5.41, 5.74) is 2.98. The maximum atomic E-state index is 9.42. The molecule has 4 N–H and O–H groups in total. The molecule has 0 aliphatic carbocycles. The second-order valence-electron chi connectivity index (χ2n) is 4.96. The molecule has 5 nitrogen and oxygen atoms in total. The van der Waals surface area contributed by atoms with Gasteiger partial charge in [-0.3, -0.25) is 0 Å². The van der Waals surface area contributed by atoms with Gasteiger partial charge in [0.05, 0.1) is 31.2 Å². The summed E-state index contributed by atoms with van der Waals surface area (Å²) in [4.78, 5) is 0. The Morgan fingerprint density at radius 1 is 1.00 bits per heavy atom. The van der Waals surface area contributed by atoms with Crippen molar-refractivity contribution >= 4 is 11.4 Å². The van der Waals surface area contributed by atoms with Crippen LogP contribution in [0.1, 0.15) is 5.56 Å². The Hall–Kier alpha value is -2.24. The molecule has 2 rings (SSSR count). The van der Waals surface area contributed by atoms with Crippen LogP contribution in [-0.4, -0.2) is 36.6 Å². The zero-order valence-corrected chi connectivity index (χ0v) is 12.6. The van der Waals surface area contributed by atoms with Crippen LogP contribution in [0.5, 0.6) is 5.75 Å². The van der Waals surface area contributed by atoms with E-state index in [-0.39, 0.29) is 6.61 Å². The van der Waals surface area contributed by atoms with Crippen molar-refractivity contribution in [1.29, 1.82) is 0 Å². The fraction of sp³-hybridized carbons (Fsp3) is 0.294. The van der Waals surface area contributed by atoms with Gasteiger partial charge in [-0.25, -0.2) is 0 Å². The maximum Gasteiger partial charge on any atom is 0.118 e. The number of para-hydroxylation sites is 2. The Labute approximate surface area is 130 Å². The molecule has 118 valence electrons. The smallest absolute Gasteiger partial charge is 0.118 e. The minimum absolute atomic E-state index is 0.256. The van der Waals surface area contributed by atoms with Crippen molar-refractivity contribution in [3.63, 3.8) is 0 Å². The first-order chi connectivity index (χ1) is 10.7. The fourth-order valence-corrected chi connectivity index (χ4v) is 2.02. The molecule has 0 aliphatic heterocycles. The first kappa shape index (κ1) is 16.1. The number of hydrogen-bond acceptors (Lipinski definition) is 5. The van der Waals surface area contributed by atoms with Gasteiger partial charge < -0.3 is 25.6 Å². The van der Waals surface area contributed by atoms with Crippen LogP contribution in [0.25, 0.3) is 0 Å². The van der Waals surface area contributed by atoms with E-state index >= 15 is 0 Å². The van der Waals surface area contributed by atoms with E-state index in [4.69, 9.17) is 9.84 Å². The third-order valence-electron chi connectivity index (χ3n) is 3.31. The molecule has 0 radical (unpaired) electrons. The van der Waals surface area contributed by atoms with Crippen LogP contribution < -0.4 is 15.4 Å². The number of nitrogens with one attached hydrogen (secondary N) is 2. The normalized spacial score (nSPS) is 11.8. The van der Waals surface area contributed by atoms with Gasteiger partial charge in [-0.1, -0.05) is 24.3 Å². The number of aliphatic hydroxyl groups excluding tert-OH is 2. The van der Waals surface area contributed by atoms with Crippen molar-refractivity contribution in [1.82, 2.24) is 0 Å². The number of aliphatic hydroxyl groups is 2. The Bertz CT molecular complexity index is 572. The Morgan fingerprint density at radius 2 is 1.64 bits per heavy atom. The third-order valence-corrected chi connectivity index (χ3v) is 3.31. The second kappa shape index (κ2) is 8.26.